The molecule has 1 saturated carbocycles. The van der Waals surface area contributed by atoms with Crippen molar-refractivity contribution in [3.8, 4) is 0 Å². The molecule has 2 aromatic heterocycles. The fraction of sp³-hybridized carbons (Fsp3) is 0.167. The van der Waals surface area contributed by atoms with E-state index in [1.54, 1.807) is 6.07 Å². The van der Waals surface area contributed by atoms with Crippen LogP contribution < -0.4 is 0 Å². The van der Waals surface area contributed by atoms with E-state index in [-0.39, 0.29) is 16.5 Å². The van der Waals surface area contributed by atoms with Gasteiger partial charge in [0.25, 0.3) is 0 Å². The van der Waals surface area contributed by atoms with Crippen molar-refractivity contribution in [3.05, 3.63) is 117 Å². The molecule has 4 aromatic rings. The molecule has 2 aromatic carbocycles. The molecule has 0 N–H and O–H groups in total. The fourth-order valence-electron chi connectivity index (χ4n) is 4.04. The quantitative estimate of drug-likeness (QED) is 0.213. The lowest BCUT2D eigenvalue weighted by atomic mass is 9.58. The number of nitrogens with zero attached hydrogens (tertiary/aromatic N) is 4. The highest BCUT2D eigenvalue weighted by atomic mass is 35.5. The second-order valence-electron chi connectivity index (χ2n) is 7.33. The molecule has 0 spiro atoms. The van der Waals surface area contributed by atoms with Crippen molar-refractivity contribution in [1.29, 1.82) is 0 Å². The van der Waals surface area contributed by atoms with Gasteiger partial charge >= 0.3 is 0 Å². The molecule has 2 heterocycles. The Balaban J connectivity index is 0.000000260. The maximum Gasteiger partial charge on any atom is 0.224 e. The zero-order chi connectivity index (χ0) is 22.5. The summed E-state index contributed by atoms with van der Waals surface area (Å²) in [5.74, 6) is 1.09. The Morgan fingerprint density at radius 1 is 0.625 bits per heavy atom. The Kier molecular flexibility index (Phi) is 7.59. The summed E-state index contributed by atoms with van der Waals surface area (Å²) < 4.78 is 0. The molecule has 1 fully saturated rings. The lowest BCUT2D eigenvalue weighted by Gasteiger charge is -2.45. The van der Waals surface area contributed by atoms with Crippen LogP contribution in [0.5, 0.6) is 0 Å². The zero-order valence-corrected chi connectivity index (χ0v) is 19.8. The Labute approximate surface area is 206 Å². The molecule has 0 saturated heterocycles. The topological polar surface area (TPSA) is 51.6 Å². The molecule has 1 aliphatic carbocycles. The first kappa shape index (κ1) is 22.9. The predicted octanol–water partition coefficient (Wildman–Crippen LogP) is 7.62. The number of hydrogen-bond acceptors (Lipinski definition) is 4. The average molecular weight is 504 g/mol. The Morgan fingerprint density at radius 2 is 1.19 bits per heavy atom. The van der Waals surface area contributed by atoms with Gasteiger partial charge in [-0.1, -0.05) is 83.9 Å². The van der Waals surface area contributed by atoms with Gasteiger partial charge in [-0.25, -0.2) is 19.9 Å². The van der Waals surface area contributed by atoms with Crippen molar-refractivity contribution in [3.63, 3.8) is 0 Å². The van der Waals surface area contributed by atoms with E-state index in [2.05, 4.69) is 68.5 Å². The van der Waals surface area contributed by atoms with Crippen LogP contribution in [-0.4, -0.2) is 19.9 Å². The van der Waals surface area contributed by atoms with Crippen LogP contribution in [0.4, 0.5) is 0 Å². The minimum absolute atomic E-state index is 0.178. The molecular formula is C24H18Cl4N4. The molecule has 1 aliphatic rings. The number of halogens is 4. The van der Waals surface area contributed by atoms with Crippen molar-refractivity contribution in [2.24, 2.45) is 0 Å². The predicted molar refractivity (Wildman–Crippen MR) is 130 cm³/mol. The highest BCUT2D eigenvalue weighted by Gasteiger charge is 2.44. The van der Waals surface area contributed by atoms with Crippen LogP contribution in [0.1, 0.15) is 41.0 Å². The summed E-state index contributed by atoms with van der Waals surface area (Å²) >= 11 is 22.9. The van der Waals surface area contributed by atoms with E-state index in [0.29, 0.717) is 22.1 Å². The lowest BCUT2D eigenvalue weighted by molar-refractivity contribution is 0.279. The van der Waals surface area contributed by atoms with Crippen molar-refractivity contribution in [2.75, 3.05) is 0 Å². The molecule has 0 aliphatic heterocycles. The van der Waals surface area contributed by atoms with E-state index < -0.39 is 0 Å². The van der Waals surface area contributed by atoms with Gasteiger partial charge in [0.2, 0.25) is 10.6 Å². The molecule has 8 heteroatoms. The summed E-state index contributed by atoms with van der Waals surface area (Å²) in [6.45, 7) is 0. The van der Waals surface area contributed by atoms with Gasteiger partial charge in [0, 0.05) is 12.1 Å². The van der Waals surface area contributed by atoms with E-state index in [4.69, 9.17) is 46.4 Å². The third-order valence-electron chi connectivity index (χ3n) is 5.45. The SMILES string of the molecule is Clc1cc(C2C(c3ccccc3)C[C@H]2c2ccccc2)nc(Cl)n1.Clc1ccnc(Cl)n1. The first-order valence-electron chi connectivity index (χ1n) is 9.95. The highest BCUT2D eigenvalue weighted by molar-refractivity contribution is 6.32. The Hall–Kier alpha value is -2.24. The van der Waals surface area contributed by atoms with Gasteiger partial charge in [-0.15, -0.1) is 0 Å². The van der Waals surface area contributed by atoms with Crippen LogP contribution in [0.2, 0.25) is 20.9 Å². The molecular weight excluding hydrogens is 486 g/mol. The Bertz CT molecular complexity index is 1090. The number of aromatic nitrogens is 4. The van der Waals surface area contributed by atoms with E-state index in [0.717, 1.165) is 12.1 Å². The number of hydrogen-bond donors (Lipinski definition) is 0. The second-order valence-corrected chi connectivity index (χ2v) is 8.78. The maximum absolute atomic E-state index is 6.13. The lowest BCUT2D eigenvalue weighted by Crippen LogP contribution is -2.32. The normalized spacial score (nSPS) is 19.4. The van der Waals surface area contributed by atoms with Crippen molar-refractivity contribution >= 4 is 46.4 Å². The number of benzene rings is 2. The van der Waals surface area contributed by atoms with Gasteiger partial charge in [-0.05, 0) is 64.7 Å². The molecule has 32 heavy (non-hydrogen) atoms. The van der Waals surface area contributed by atoms with Gasteiger partial charge in [-0.3, -0.25) is 0 Å². The molecule has 3 atom stereocenters. The van der Waals surface area contributed by atoms with Crippen molar-refractivity contribution in [2.45, 2.75) is 24.2 Å². The number of rotatable bonds is 3. The third kappa shape index (κ3) is 5.57. The summed E-state index contributed by atoms with van der Waals surface area (Å²) in [5.41, 5.74) is 3.59. The van der Waals surface area contributed by atoms with Crippen LogP contribution in [-0.2, 0) is 0 Å². The molecule has 162 valence electrons. The standard InChI is InChI=1S/C20H16Cl2N2.C4H2Cl2N2/c21-18-12-17(23-20(22)24-18)19-15(13-7-3-1-4-8-13)11-16(19)14-9-5-2-6-10-14;5-3-1-2-7-4(6)8-3/h1-10,12,15-16,19H,11H2;1-2H/t15-,16?,19?;/m0./s1. The summed E-state index contributed by atoms with van der Waals surface area (Å²) in [4.78, 5) is 15.7. The minimum atomic E-state index is 0.178. The van der Waals surface area contributed by atoms with Crippen LogP contribution >= 0.6 is 46.4 Å². The van der Waals surface area contributed by atoms with Gasteiger partial charge < -0.3 is 0 Å². The average Bonchev–Trinajstić information content (AvgIpc) is 2.74. The molecule has 5 rings (SSSR count). The summed E-state index contributed by atoms with van der Waals surface area (Å²) in [5, 5.41) is 1.15. The summed E-state index contributed by atoms with van der Waals surface area (Å²) in [6.07, 6.45) is 2.59. The maximum atomic E-state index is 6.13. The second kappa shape index (κ2) is 10.6. The van der Waals surface area contributed by atoms with E-state index in [9.17, 15) is 0 Å². The van der Waals surface area contributed by atoms with Gasteiger partial charge in [0.05, 0.1) is 5.69 Å². The van der Waals surface area contributed by atoms with Gasteiger partial charge in [0.1, 0.15) is 10.3 Å². The zero-order valence-electron chi connectivity index (χ0n) is 16.7. The van der Waals surface area contributed by atoms with Crippen LogP contribution in [0, 0.1) is 0 Å². The van der Waals surface area contributed by atoms with E-state index in [1.165, 1.54) is 17.3 Å². The smallest absolute Gasteiger partial charge is 0.224 e. The molecule has 0 amide bonds. The highest BCUT2D eigenvalue weighted by Crippen LogP contribution is 2.57. The first-order valence-corrected chi connectivity index (χ1v) is 11.5. The minimum Gasteiger partial charge on any atom is -0.226 e. The fourth-order valence-corrected chi connectivity index (χ4v) is 4.79. The monoisotopic (exact) mass is 502 g/mol. The van der Waals surface area contributed by atoms with E-state index >= 15 is 0 Å². The van der Waals surface area contributed by atoms with Gasteiger partial charge in [-0.2, -0.15) is 0 Å². The summed E-state index contributed by atoms with van der Waals surface area (Å²) in [6, 6.07) is 24.6. The van der Waals surface area contributed by atoms with Crippen LogP contribution in [0.3, 0.4) is 0 Å². The van der Waals surface area contributed by atoms with Gasteiger partial charge in [0.15, 0.2) is 0 Å². The van der Waals surface area contributed by atoms with Crippen LogP contribution in [0.15, 0.2) is 79.0 Å². The Morgan fingerprint density at radius 3 is 1.66 bits per heavy atom. The molecule has 2 unspecified atom stereocenters. The molecule has 0 bridgehead atoms. The molecule has 0 radical (unpaired) electrons. The third-order valence-corrected chi connectivity index (χ3v) is 6.21. The van der Waals surface area contributed by atoms with Crippen molar-refractivity contribution < 1.29 is 0 Å². The van der Waals surface area contributed by atoms with Crippen molar-refractivity contribution in [1.82, 2.24) is 19.9 Å². The van der Waals surface area contributed by atoms with E-state index in [1.807, 2.05) is 18.2 Å². The van der Waals surface area contributed by atoms with Crippen LogP contribution in [0.25, 0.3) is 0 Å². The first-order chi connectivity index (χ1) is 15.5. The summed E-state index contributed by atoms with van der Waals surface area (Å²) in [7, 11) is 0. The molecule has 4 nitrogen and oxygen atoms in total. The largest absolute Gasteiger partial charge is 0.226 e.